The van der Waals surface area contributed by atoms with Crippen molar-refractivity contribution in [2.24, 2.45) is 0 Å². The molecule has 1 heterocycles. The molecular formula is C16H19F3N2O3S. The minimum atomic E-state index is -4.54. The summed E-state index contributed by atoms with van der Waals surface area (Å²) < 4.78 is 67.2. The van der Waals surface area contributed by atoms with Crippen LogP contribution in [0.1, 0.15) is 51.9 Å². The maximum absolute atomic E-state index is 12.9. The molecule has 0 atom stereocenters. The predicted octanol–water partition coefficient (Wildman–Crippen LogP) is 4.09. The largest absolute Gasteiger partial charge is 0.416 e. The molecule has 138 valence electrons. The van der Waals surface area contributed by atoms with Crippen molar-refractivity contribution < 1.29 is 26.1 Å². The summed E-state index contributed by atoms with van der Waals surface area (Å²) in [6, 6.07) is 3.33. The molecule has 0 unspecified atom stereocenters. The number of nitrogens with zero attached hydrogens (tertiary/aromatic N) is 2. The van der Waals surface area contributed by atoms with Gasteiger partial charge >= 0.3 is 6.18 Å². The zero-order valence-electron chi connectivity index (χ0n) is 14.5. The average molecular weight is 376 g/mol. The number of hydrogen-bond acceptors (Lipinski definition) is 5. The Morgan fingerprint density at radius 3 is 1.88 bits per heavy atom. The van der Waals surface area contributed by atoms with E-state index < -0.39 is 31.7 Å². The fourth-order valence-corrected chi connectivity index (χ4v) is 3.40. The highest BCUT2D eigenvalue weighted by molar-refractivity contribution is 7.92. The van der Waals surface area contributed by atoms with Gasteiger partial charge in [0.25, 0.3) is 0 Å². The van der Waals surface area contributed by atoms with Gasteiger partial charge in [-0.3, -0.25) is 0 Å². The second-order valence-corrected chi connectivity index (χ2v) is 9.71. The molecule has 0 fully saturated rings. The van der Waals surface area contributed by atoms with Crippen LogP contribution < -0.4 is 0 Å². The van der Waals surface area contributed by atoms with Crippen LogP contribution in [-0.4, -0.2) is 18.6 Å². The van der Waals surface area contributed by atoms with Gasteiger partial charge in [0, 0.05) is 5.41 Å². The molecule has 5 nitrogen and oxygen atoms in total. The summed E-state index contributed by atoms with van der Waals surface area (Å²) in [6.07, 6.45) is -4.54. The first-order valence-electron chi connectivity index (χ1n) is 7.44. The third-order valence-corrected chi connectivity index (χ3v) is 6.19. The van der Waals surface area contributed by atoms with E-state index in [0.29, 0.717) is 5.82 Å². The van der Waals surface area contributed by atoms with Crippen molar-refractivity contribution in [3.63, 3.8) is 0 Å². The topological polar surface area (TPSA) is 73.1 Å². The van der Waals surface area contributed by atoms with Crippen molar-refractivity contribution >= 4 is 9.84 Å². The lowest BCUT2D eigenvalue weighted by molar-refractivity contribution is -0.137. The van der Waals surface area contributed by atoms with E-state index in [-0.39, 0.29) is 10.8 Å². The summed E-state index contributed by atoms with van der Waals surface area (Å²) in [5.74, 6) is 0.232. The van der Waals surface area contributed by atoms with Gasteiger partial charge in [-0.25, -0.2) is 8.42 Å². The Kier molecular flexibility index (Phi) is 4.53. The van der Waals surface area contributed by atoms with Gasteiger partial charge in [-0.15, -0.1) is 0 Å². The van der Waals surface area contributed by atoms with Crippen LogP contribution in [0.25, 0.3) is 0 Å². The van der Waals surface area contributed by atoms with Crippen LogP contribution in [0.3, 0.4) is 0 Å². The highest BCUT2D eigenvalue weighted by Gasteiger charge is 2.43. The Morgan fingerprint density at radius 1 is 0.960 bits per heavy atom. The first-order valence-corrected chi connectivity index (χ1v) is 8.92. The molecule has 1 aromatic carbocycles. The summed E-state index contributed by atoms with van der Waals surface area (Å²) in [5.41, 5.74) is -1.35. The molecule has 0 amide bonds. The van der Waals surface area contributed by atoms with Crippen molar-refractivity contribution in [3.8, 4) is 0 Å². The zero-order valence-corrected chi connectivity index (χ0v) is 15.3. The molecule has 2 rings (SSSR count). The van der Waals surface area contributed by atoms with Gasteiger partial charge in [0.15, 0.2) is 15.7 Å². The number of halogens is 3. The highest BCUT2D eigenvalue weighted by Crippen LogP contribution is 2.36. The lowest BCUT2D eigenvalue weighted by atomic mass is 9.96. The number of hydrogen-bond donors (Lipinski definition) is 0. The highest BCUT2D eigenvalue weighted by atomic mass is 32.2. The molecule has 0 aliphatic rings. The summed E-state index contributed by atoms with van der Waals surface area (Å²) >= 11 is 0. The second-order valence-electron chi connectivity index (χ2n) is 7.21. The molecule has 1 aromatic heterocycles. The molecule has 0 bridgehead atoms. The molecule has 2 aromatic rings. The van der Waals surface area contributed by atoms with E-state index in [1.165, 1.54) is 13.8 Å². The Bertz CT molecular complexity index is 861. The minimum Gasteiger partial charge on any atom is -0.338 e. The van der Waals surface area contributed by atoms with Crippen LogP contribution in [0.2, 0.25) is 0 Å². The molecule has 0 N–H and O–H groups in total. The van der Waals surface area contributed by atoms with Crippen molar-refractivity contribution in [1.82, 2.24) is 10.1 Å². The van der Waals surface area contributed by atoms with Crippen LogP contribution in [0.15, 0.2) is 33.7 Å². The molecule has 0 radical (unpaired) electrons. The van der Waals surface area contributed by atoms with Crippen molar-refractivity contribution in [2.45, 2.75) is 55.9 Å². The number of benzene rings is 1. The van der Waals surface area contributed by atoms with Gasteiger partial charge in [0.05, 0.1) is 10.5 Å². The number of rotatable bonds is 3. The average Bonchev–Trinajstić information content (AvgIpc) is 2.96. The summed E-state index contributed by atoms with van der Waals surface area (Å²) in [5, 5.41) is 3.81. The van der Waals surface area contributed by atoms with Gasteiger partial charge in [-0.1, -0.05) is 25.9 Å². The third-order valence-electron chi connectivity index (χ3n) is 3.78. The molecule has 0 saturated carbocycles. The van der Waals surface area contributed by atoms with Gasteiger partial charge in [-0.05, 0) is 38.1 Å². The predicted molar refractivity (Wildman–Crippen MR) is 84.7 cm³/mol. The van der Waals surface area contributed by atoms with E-state index in [2.05, 4.69) is 10.1 Å². The lowest BCUT2D eigenvalue weighted by Crippen LogP contribution is -2.30. The van der Waals surface area contributed by atoms with Crippen LogP contribution in [0.5, 0.6) is 0 Å². The van der Waals surface area contributed by atoms with E-state index in [0.717, 1.165) is 24.3 Å². The molecule has 0 saturated heterocycles. The monoisotopic (exact) mass is 376 g/mol. The van der Waals surface area contributed by atoms with Gasteiger partial charge < -0.3 is 4.52 Å². The quantitative estimate of drug-likeness (QED) is 0.807. The first kappa shape index (κ1) is 19.4. The summed E-state index contributed by atoms with van der Waals surface area (Å²) in [7, 11) is -4.05. The Labute approximate surface area is 144 Å². The fraction of sp³-hybridized carbons (Fsp3) is 0.500. The SMILES string of the molecule is CC(C)(C)c1noc(C(C)(C)S(=O)(=O)c2ccc(C(F)(F)F)cc2)n1. The molecule has 9 heteroatoms. The summed E-state index contributed by atoms with van der Waals surface area (Å²) in [4.78, 5) is 3.92. The number of aromatic nitrogens is 2. The van der Waals surface area contributed by atoms with E-state index in [4.69, 9.17) is 4.52 Å². The normalized spacial score (nSPS) is 13.9. The molecular weight excluding hydrogens is 357 g/mol. The number of sulfone groups is 1. The third kappa shape index (κ3) is 3.56. The van der Waals surface area contributed by atoms with Gasteiger partial charge in [0.1, 0.15) is 4.75 Å². The maximum atomic E-state index is 12.9. The minimum absolute atomic E-state index is 0.114. The van der Waals surface area contributed by atoms with Crippen LogP contribution in [-0.2, 0) is 26.2 Å². The van der Waals surface area contributed by atoms with E-state index >= 15 is 0 Å². The first-order chi connectivity index (χ1) is 11.2. The number of alkyl halides is 3. The fourth-order valence-electron chi connectivity index (χ4n) is 2.01. The maximum Gasteiger partial charge on any atom is 0.416 e. The van der Waals surface area contributed by atoms with E-state index in [1.54, 1.807) is 0 Å². The van der Waals surface area contributed by atoms with Crippen molar-refractivity contribution in [2.75, 3.05) is 0 Å². The van der Waals surface area contributed by atoms with Crippen LogP contribution in [0.4, 0.5) is 13.2 Å². The van der Waals surface area contributed by atoms with E-state index in [9.17, 15) is 21.6 Å². The zero-order chi connectivity index (χ0) is 19.3. The van der Waals surface area contributed by atoms with Crippen LogP contribution >= 0.6 is 0 Å². The van der Waals surface area contributed by atoms with Crippen LogP contribution in [0, 0.1) is 0 Å². The molecule has 0 aliphatic heterocycles. The second kappa shape index (κ2) is 5.82. The summed E-state index contributed by atoms with van der Waals surface area (Å²) in [6.45, 7) is 8.29. The molecule has 0 spiro atoms. The molecule has 0 aliphatic carbocycles. The van der Waals surface area contributed by atoms with Gasteiger partial charge in [0.2, 0.25) is 5.89 Å². The van der Waals surface area contributed by atoms with Crippen molar-refractivity contribution in [1.29, 1.82) is 0 Å². The lowest BCUT2D eigenvalue weighted by Gasteiger charge is -2.21. The Hall–Kier alpha value is -1.90. The standard InChI is InChI=1S/C16H19F3N2O3S/c1-14(2,3)12-20-13(24-21-12)15(4,5)25(22,23)11-8-6-10(7-9-11)16(17,18)19/h6-9H,1-5H3. The van der Waals surface area contributed by atoms with E-state index in [1.807, 2.05) is 20.8 Å². The van der Waals surface area contributed by atoms with Gasteiger partial charge in [-0.2, -0.15) is 18.2 Å². The smallest absolute Gasteiger partial charge is 0.338 e. The Balaban J connectivity index is 2.45. The van der Waals surface area contributed by atoms with Crippen molar-refractivity contribution in [3.05, 3.63) is 41.5 Å². The molecule has 25 heavy (non-hydrogen) atoms. The Morgan fingerprint density at radius 2 is 1.48 bits per heavy atom.